The molecule has 15 heavy (non-hydrogen) atoms. The van der Waals surface area contributed by atoms with E-state index in [9.17, 15) is 13.2 Å². The van der Waals surface area contributed by atoms with Gasteiger partial charge in [0.25, 0.3) is 0 Å². The van der Waals surface area contributed by atoms with Gasteiger partial charge in [0.05, 0.1) is 6.61 Å². The fraction of sp³-hybridized carbons (Fsp3) is 0.857. The highest BCUT2D eigenvalue weighted by Crippen LogP contribution is 1.99. The lowest BCUT2D eigenvalue weighted by atomic mass is 10.4. The van der Waals surface area contributed by atoms with Crippen LogP contribution in [-0.4, -0.2) is 51.6 Å². The summed E-state index contributed by atoms with van der Waals surface area (Å²) in [7, 11) is -3.74. The molecule has 1 rings (SSSR count). The number of carbonyl (C=O) groups is 1. The first kappa shape index (κ1) is 12.2. The maximum Gasteiger partial charge on any atom is 0.421 e. The first-order chi connectivity index (χ1) is 7.06. The van der Waals surface area contributed by atoms with Gasteiger partial charge >= 0.3 is 16.3 Å². The van der Waals surface area contributed by atoms with E-state index in [-0.39, 0.29) is 6.61 Å². The van der Waals surface area contributed by atoms with Gasteiger partial charge in [0.15, 0.2) is 0 Å². The van der Waals surface area contributed by atoms with Crippen LogP contribution >= 0.6 is 0 Å². The average molecular weight is 237 g/mol. The van der Waals surface area contributed by atoms with Crippen LogP contribution in [0.2, 0.25) is 0 Å². The number of ether oxygens (including phenoxy) is 1. The minimum Gasteiger partial charge on any atom is -0.449 e. The van der Waals surface area contributed by atoms with Gasteiger partial charge in [0.2, 0.25) is 0 Å². The summed E-state index contributed by atoms with van der Waals surface area (Å²) in [5, 5.41) is 3.02. The van der Waals surface area contributed by atoms with E-state index in [1.54, 1.807) is 6.92 Å². The smallest absolute Gasteiger partial charge is 0.421 e. The van der Waals surface area contributed by atoms with Crippen LogP contribution in [0.3, 0.4) is 0 Å². The number of piperazine rings is 1. The third-order valence-electron chi connectivity index (χ3n) is 1.90. The van der Waals surface area contributed by atoms with Gasteiger partial charge in [-0.15, -0.1) is 0 Å². The normalized spacial score (nSPS) is 18.5. The minimum atomic E-state index is -3.74. The molecule has 1 aliphatic rings. The summed E-state index contributed by atoms with van der Waals surface area (Å²) in [5.41, 5.74) is 0. The van der Waals surface area contributed by atoms with Crippen molar-refractivity contribution in [1.82, 2.24) is 14.3 Å². The second kappa shape index (κ2) is 5.29. The molecule has 1 amide bonds. The number of carbonyl (C=O) groups excluding carboxylic acids is 1. The largest absolute Gasteiger partial charge is 0.449 e. The lowest BCUT2D eigenvalue weighted by Crippen LogP contribution is -2.51. The Morgan fingerprint density at radius 2 is 2.07 bits per heavy atom. The van der Waals surface area contributed by atoms with Gasteiger partial charge in [-0.2, -0.15) is 12.7 Å². The van der Waals surface area contributed by atoms with Crippen molar-refractivity contribution in [3.05, 3.63) is 0 Å². The van der Waals surface area contributed by atoms with Crippen LogP contribution < -0.4 is 10.0 Å². The van der Waals surface area contributed by atoms with Crippen molar-refractivity contribution in [1.29, 1.82) is 0 Å². The van der Waals surface area contributed by atoms with E-state index in [0.717, 1.165) is 0 Å². The number of rotatable bonds is 3. The first-order valence-corrected chi connectivity index (χ1v) is 6.15. The molecule has 88 valence electrons. The predicted octanol–water partition coefficient (Wildman–Crippen LogP) is -1.12. The molecule has 7 nitrogen and oxygen atoms in total. The number of hydrogen-bond donors (Lipinski definition) is 2. The molecular weight excluding hydrogens is 222 g/mol. The predicted molar refractivity (Wildman–Crippen MR) is 53.5 cm³/mol. The molecule has 8 heteroatoms. The molecule has 0 atom stereocenters. The summed E-state index contributed by atoms with van der Waals surface area (Å²) in [5.74, 6) is 0. The van der Waals surface area contributed by atoms with Crippen molar-refractivity contribution in [2.75, 3.05) is 32.8 Å². The summed E-state index contributed by atoms with van der Waals surface area (Å²) in [6.45, 7) is 3.64. The molecule has 0 radical (unpaired) electrons. The molecule has 0 aromatic carbocycles. The minimum absolute atomic E-state index is 0.142. The van der Waals surface area contributed by atoms with Gasteiger partial charge in [-0.3, -0.25) is 0 Å². The Morgan fingerprint density at radius 3 is 2.60 bits per heavy atom. The Labute approximate surface area is 89.0 Å². The highest BCUT2D eigenvalue weighted by molar-refractivity contribution is 7.87. The zero-order chi connectivity index (χ0) is 11.3. The molecule has 0 aliphatic carbocycles. The maximum atomic E-state index is 11.6. The molecule has 0 spiro atoms. The summed E-state index contributed by atoms with van der Waals surface area (Å²) < 4.78 is 30.7. The van der Waals surface area contributed by atoms with Crippen molar-refractivity contribution in [2.24, 2.45) is 0 Å². The van der Waals surface area contributed by atoms with Gasteiger partial charge in [-0.1, -0.05) is 0 Å². The third kappa shape index (κ3) is 3.65. The molecule has 0 saturated carbocycles. The average Bonchev–Trinajstić information content (AvgIpc) is 2.18. The zero-order valence-corrected chi connectivity index (χ0v) is 9.34. The zero-order valence-electron chi connectivity index (χ0n) is 8.52. The van der Waals surface area contributed by atoms with Crippen LogP contribution in [0.25, 0.3) is 0 Å². The molecule has 0 aromatic rings. The molecule has 1 fully saturated rings. The summed E-state index contributed by atoms with van der Waals surface area (Å²) in [6, 6.07) is 0. The molecule has 0 bridgehead atoms. The second-order valence-corrected chi connectivity index (χ2v) is 4.65. The van der Waals surface area contributed by atoms with Crippen molar-refractivity contribution < 1.29 is 17.9 Å². The molecular formula is C7H15N3O4S. The van der Waals surface area contributed by atoms with Crippen molar-refractivity contribution in [2.45, 2.75) is 6.92 Å². The quantitative estimate of drug-likeness (QED) is 0.649. The van der Waals surface area contributed by atoms with E-state index in [4.69, 9.17) is 0 Å². The lowest BCUT2D eigenvalue weighted by molar-refractivity contribution is 0.158. The van der Waals surface area contributed by atoms with Crippen LogP contribution in [0.5, 0.6) is 0 Å². The van der Waals surface area contributed by atoms with Crippen molar-refractivity contribution in [3.8, 4) is 0 Å². The maximum absolute atomic E-state index is 11.6. The van der Waals surface area contributed by atoms with Gasteiger partial charge in [0.1, 0.15) is 0 Å². The van der Waals surface area contributed by atoms with Gasteiger partial charge in [-0.25, -0.2) is 9.52 Å². The van der Waals surface area contributed by atoms with E-state index < -0.39 is 16.3 Å². The van der Waals surface area contributed by atoms with Crippen LogP contribution in [0, 0.1) is 0 Å². The van der Waals surface area contributed by atoms with E-state index in [1.165, 1.54) is 4.31 Å². The first-order valence-electron chi connectivity index (χ1n) is 4.71. The number of hydrogen-bond acceptors (Lipinski definition) is 5. The van der Waals surface area contributed by atoms with Crippen LogP contribution in [-0.2, 0) is 14.9 Å². The Morgan fingerprint density at radius 1 is 1.47 bits per heavy atom. The number of nitrogens with one attached hydrogen (secondary N) is 2. The Kier molecular flexibility index (Phi) is 4.30. The van der Waals surface area contributed by atoms with Crippen LogP contribution in [0.15, 0.2) is 0 Å². The summed E-state index contributed by atoms with van der Waals surface area (Å²) in [4.78, 5) is 10.9. The monoisotopic (exact) mass is 237 g/mol. The highest BCUT2D eigenvalue weighted by atomic mass is 32.2. The van der Waals surface area contributed by atoms with E-state index >= 15 is 0 Å². The number of nitrogens with zero attached hydrogens (tertiary/aromatic N) is 1. The Bertz CT molecular complexity index is 310. The van der Waals surface area contributed by atoms with Crippen molar-refractivity contribution >= 4 is 16.3 Å². The van der Waals surface area contributed by atoms with E-state index in [0.29, 0.717) is 26.2 Å². The molecule has 2 N–H and O–H groups in total. The van der Waals surface area contributed by atoms with E-state index in [1.807, 2.05) is 4.72 Å². The molecule has 0 unspecified atom stereocenters. The SMILES string of the molecule is CCOC(=O)NS(=O)(=O)N1CCNCC1. The fourth-order valence-electron chi connectivity index (χ4n) is 1.22. The molecule has 1 heterocycles. The molecule has 0 aromatic heterocycles. The number of amides is 1. The third-order valence-corrected chi connectivity index (χ3v) is 3.37. The van der Waals surface area contributed by atoms with Gasteiger partial charge in [-0.05, 0) is 6.92 Å². The second-order valence-electron chi connectivity index (χ2n) is 2.98. The van der Waals surface area contributed by atoms with Crippen LogP contribution in [0.4, 0.5) is 4.79 Å². The van der Waals surface area contributed by atoms with Crippen molar-refractivity contribution in [3.63, 3.8) is 0 Å². The molecule has 1 aliphatic heterocycles. The standard InChI is InChI=1S/C7H15N3O4S/c1-2-14-7(11)9-15(12,13)10-5-3-8-4-6-10/h8H,2-6H2,1H3,(H,9,11). The Hall–Kier alpha value is -0.860. The fourth-order valence-corrected chi connectivity index (χ4v) is 2.28. The Balaban J connectivity index is 2.53. The molecule has 1 saturated heterocycles. The summed E-state index contributed by atoms with van der Waals surface area (Å²) >= 11 is 0. The summed E-state index contributed by atoms with van der Waals surface area (Å²) in [6.07, 6.45) is -0.934. The van der Waals surface area contributed by atoms with E-state index in [2.05, 4.69) is 10.1 Å². The van der Waals surface area contributed by atoms with Gasteiger partial charge < -0.3 is 10.1 Å². The van der Waals surface area contributed by atoms with Crippen LogP contribution in [0.1, 0.15) is 6.92 Å². The highest BCUT2D eigenvalue weighted by Gasteiger charge is 2.25. The lowest BCUT2D eigenvalue weighted by Gasteiger charge is -2.26. The topological polar surface area (TPSA) is 87.7 Å². The van der Waals surface area contributed by atoms with Gasteiger partial charge in [0, 0.05) is 26.2 Å².